The van der Waals surface area contributed by atoms with E-state index in [9.17, 15) is 17.6 Å². The number of hydrogen-bond acceptors (Lipinski definition) is 3. The van der Waals surface area contributed by atoms with E-state index >= 15 is 0 Å². The van der Waals surface area contributed by atoms with Gasteiger partial charge in [0.05, 0.1) is 5.25 Å². The second-order valence-corrected chi connectivity index (χ2v) is 9.17. The zero-order valence-corrected chi connectivity index (χ0v) is 16.7. The Morgan fingerprint density at radius 1 is 1.04 bits per heavy atom. The molecule has 0 aliphatic rings. The lowest BCUT2D eigenvalue weighted by molar-refractivity contribution is 0.0963. The average molecular weight is 392 g/mol. The third-order valence-corrected chi connectivity index (χ3v) is 6.21. The Labute approximate surface area is 160 Å². The lowest BCUT2D eigenvalue weighted by atomic mass is 9.95. The van der Waals surface area contributed by atoms with Crippen LogP contribution in [0.3, 0.4) is 0 Å². The quantitative estimate of drug-likeness (QED) is 0.760. The Morgan fingerprint density at radius 2 is 1.52 bits per heavy atom. The number of nitrogens with one attached hydrogen (secondary N) is 2. The van der Waals surface area contributed by atoms with Crippen molar-refractivity contribution in [3.63, 3.8) is 0 Å². The first kappa shape index (κ1) is 21.1. The second-order valence-electron chi connectivity index (χ2n) is 6.85. The van der Waals surface area contributed by atoms with Crippen molar-refractivity contribution in [1.82, 2.24) is 10.0 Å². The Balaban J connectivity index is 2.15. The van der Waals surface area contributed by atoms with Crippen LogP contribution in [0.25, 0.3) is 11.1 Å². The van der Waals surface area contributed by atoms with Gasteiger partial charge in [0, 0.05) is 19.2 Å². The number of carbonyl (C=O) groups excluding carboxylic acids is 1. The van der Waals surface area contributed by atoms with Gasteiger partial charge in [0.1, 0.15) is 5.67 Å². The summed E-state index contributed by atoms with van der Waals surface area (Å²) < 4.78 is 41.0. The number of benzene rings is 2. The van der Waals surface area contributed by atoms with Crippen LogP contribution in [0.1, 0.15) is 36.7 Å². The van der Waals surface area contributed by atoms with Crippen molar-refractivity contribution in [2.75, 3.05) is 13.6 Å². The summed E-state index contributed by atoms with van der Waals surface area (Å²) in [6.07, 6.45) is 0. The van der Waals surface area contributed by atoms with Crippen LogP contribution in [-0.4, -0.2) is 33.2 Å². The predicted molar refractivity (Wildman–Crippen MR) is 106 cm³/mol. The molecule has 5 nitrogen and oxygen atoms in total. The van der Waals surface area contributed by atoms with Gasteiger partial charge in [-0.15, -0.1) is 0 Å². The fourth-order valence-corrected chi connectivity index (χ4v) is 3.28. The average Bonchev–Trinajstić information content (AvgIpc) is 2.66. The van der Waals surface area contributed by atoms with E-state index in [-0.39, 0.29) is 12.5 Å². The van der Waals surface area contributed by atoms with Crippen molar-refractivity contribution in [3.8, 4) is 11.1 Å². The molecule has 1 amide bonds. The van der Waals surface area contributed by atoms with Crippen LogP contribution in [0.5, 0.6) is 0 Å². The SMILES string of the molecule is CNC(=O)c1ccc(-c2ccc([C@@](C)(F)CNS(=O)(=O)C(C)C)cc2)cc1. The highest BCUT2D eigenvalue weighted by atomic mass is 32.2. The molecule has 0 heterocycles. The Morgan fingerprint density at radius 3 is 1.96 bits per heavy atom. The highest BCUT2D eigenvalue weighted by Gasteiger charge is 2.28. The fourth-order valence-electron chi connectivity index (χ4n) is 2.47. The molecule has 0 aliphatic heterocycles. The molecule has 1 atom stereocenters. The van der Waals surface area contributed by atoms with Crippen LogP contribution in [-0.2, 0) is 15.7 Å². The van der Waals surface area contributed by atoms with E-state index in [1.165, 1.54) is 6.92 Å². The van der Waals surface area contributed by atoms with Gasteiger partial charge in [-0.05, 0) is 49.6 Å². The Bertz CT molecular complexity index is 890. The summed E-state index contributed by atoms with van der Waals surface area (Å²) in [5.74, 6) is -0.158. The monoisotopic (exact) mass is 392 g/mol. The van der Waals surface area contributed by atoms with E-state index in [0.29, 0.717) is 11.1 Å². The minimum atomic E-state index is -3.53. The van der Waals surface area contributed by atoms with E-state index in [1.54, 1.807) is 57.3 Å². The van der Waals surface area contributed by atoms with Gasteiger partial charge in [-0.25, -0.2) is 17.5 Å². The number of sulfonamides is 1. The van der Waals surface area contributed by atoms with Crippen LogP contribution >= 0.6 is 0 Å². The van der Waals surface area contributed by atoms with Gasteiger partial charge in [-0.2, -0.15) is 0 Å². The molecule has 0 spiro atoms. The topological polar surface area (TPSA) is 75.3 Å². The first-order chi connectivity index (χ1) is 12.6. The first-order valence-electron chi connectivity index (χ1n) is 8.67. The molecule has 2 aromatic rings. The molecule has 0 saturated heterocycles. The third-order valence-electron chi connectivity index (χ3n) is 4.42. The van der Waals surface area contributed by atoms with Gasteiger partial charge in [0.15, 0.2) is 0 Å². The number of halogens is 1. The van der Waals surface area contributed by atoms with Crippen molar-refractivity contribution < 1.29 is 17.6 Å². The Hall–Kier alpha value is -2.25. The maximum Gasteiger partial charge on any atom is 0.251 e. The number of rotatable bonds is 7. The first-order valence-corrected chi connectivity index (χ1v) is 10.2. The molecule has 2 aromatic carbocycles. The zero-order chi connectivity index (χ0) is 20.2. The zero-order valence-electron chi connectivity index (χ0n) is 15.9. The molecule has 0 aliphatic carbocycles. The smallest absolute Gasteiger partial charge is 0.251 e. The van der Waals surface area contributed by atoms with Gasteiger partial charge >= 0.3 is 0 Å². The molecule has 0 fully saturated rings. The molecule has 0 unspecified atom stereocenters. The van der Waals surface area contributed by atoms with Crippen LogP contribution in [0, 0.1) is 0 Å². The fraction of sp³-hybridized carbons (Fsp3) is 0.350. The maximum absolute atomic E-state index is 15.0. The lowest BCUT2D eigenvalue weighted by Crippen LogP contribution is -2.39. The lowest BCUT2D eigenvalue weighted by Gasteiger charge is -2.22. The molecule has 146 valence electrons. The highest BCUT2D eigenvalue weighted by molar-refractivity contribution is 7.90. The van der Waals surface area contributed by atoms with Crippen molar-refractivity contribution in [1.29, 1.82) is 0 Å². The normalized spacial score (nSPS) is 14.0. The number of hydrogen-bond donors (Lipinski definition) is 2. The summed E-state index contributed by atoms with van der Waals surface area (Å²) in [5.41, 5.74) is 0.895. The number of alkyl halides is 1. The Kier molecular flexibility index (Phi) is 6.38. The largest absolute Gasteiger partial charge is 0.355 e. The van der Waals surface area contributed by atoms with Crippen molar-refractivity contribution >= 4 is 15.9 Å². The van der Waals surface area contributed by atoms with Gasteiger partial charge in [0.2, 0.25) is 10.0 Å². The maximum atomic E-state index is 15.0. The van der Waals surface area contributed by atoms with Gasteiger partial charge in [-0.3, -0.25) is 4.79 Å². The van der Waals surface area contributed by atoms with Crippen molar-refractivity contribution in [3.05, 3.63) is 59.7 Å². The second kappa shape index (κ2) is 8.19. The summed E-state index contributed by atoms with van der Waals surface area (Å²) in [7, 11) is -1.95. The number of carbonyl (C=O) groups is 1. The third kappa shape index (κ3) is 5.14. The standard InChI is InChI=1S/C20H25FN2O3S/c1-14(2)27(25,26)23-13-20(3,21)18-11-9-16(10-12-18)15-5-7-17(8-6-15)19(24)22-4/h5-12,14,23H,13H2,1-4H3,(H,22,24)/t20-/m0/s1. The summed E-state index contributed by atoms with van der Waals surface area (Å²) >= 11 is 0. The van der Waals surface area contributed by atoms with E-state index in [2.05, 4.69) is 10.0 Å². The molecule has 0 radical (unpaired) electrons. The molecule has 0 bridgehead atoms. The summed E-state index contributed by atoms with van der Waals surface area (Å²) in [5, 5.41) is 1.95. The summed E-state index contributed by atoms with van der Waals surface area (Å²) in [4.78, 5) is 11.6. The summed E-state index contributed by atoms with van der Waals surface area (Å²) in [6.45, 7) is 4.11. The minimum absolute atomic E-state index is 0.158. The van der Waals surface area contributed by atoms with Crippen LogP contribution < -0.4 is 10.0 Å². The molecule has 2 rings (SSSR count). The van der Waals surface area contributed by atoms with E-state index in [0.717, 1.165) is 11.1 Å². The minimum Gasteiger partial charge on any atom is -0.355 e. The summed E-state index contributed by atoms with van der Waals surface area (Å²) in [6, 6.07) is 13.9. The molecule has 2 N–H and O–H groups in total. The molecule has 0 aromatic heterocycles. The van der Waals surface area contributed by atoms with E-state index in [4.69, 9.17) is 0 Å². The molecule has 27 heavy (non-hydrogen) atoms. The van der Waals surface area contributed by atoms with Crippen LogP contribution in [0.15, 0.2) is 48.5 Å². The molecule has 0 saturated carbocycles. The van der Waals surface area contributed by atoms with Crippen LogP contribution in [0.2, 0.25) is 0 Å². The number of amides is 1. The van der Waals surface area contributed by atoms with Crippen molar-refractivity contribution in [2.45, 2.75) is 31.7 Å². The van der Waals surface area contributed by atoms with E-state index in [1.807, 2.05) is 12.1 Å². The van der Waals surface area contributed by atoms with Gasteiger partial charge in [0.25, 0.3) is 5.91 Å². The molecule has 7 heteroatoms. The highest BCUT2D eigenvalue weighted by Crippen LogP contribution is 2.28. The van der Waals surface area contributed by atoms with E-state index < -0.39 is 20.9 Å². The predicted octanol–water partition coefficient (Wildman–Crippen LogP) is 3.23. The molecular formula is C20H25FN2O3S. The van der Waals surface area contributed by atoms with Gasteiger partial charge < -0.3 is 5.32 Å². The van der Waals surface area contributed by atoms with Crippen LogP contribution in [0.4, 0.5) is 4.39 Å². The van der Waals surface area contributed by atoms with Gasteiger partial charge in [-0.1, -0.05) is 36.4 Å². The molecular weight excluding hydrogens is 367 g/mol. The van der Waals surface area contributed by atoms with Crippen molar-refractivity contribution in [2.24, 2.45) is 0 Å².